The van der Waals surface area contributed by atoms with Crippen LogP contribution in [0.1, 0.15) is 22.8 Å². The number of rotatable bonds is 7. The molecule has 1 aliphatic heterocycles. The summed E-state index contributed by atoms with van der Waals surface area (Å²) in [7, 11) is 0. The fraction of sp³-hybridized carbons (Fsp3) is 0.0200. The lowest BCUT2D eigenvalue weighted by Gasteiger charge is -2.57. The molecule has 0 saturated heterocycles. The van der Waals surface area contributed by atoms with Gasteiger partial charge in [-0.1, -0.05) is 78.9 Å². The average Bonchev–Trinajstić information content (AvgIpc) is 4.13. The third-order valence-electron chi connectivity index (χ3n) is 12.2. The topological polar surface area (TPSA) is 150 Å². The molecule has 1 atom stereocenters. The minimum Gasteiger partial charge on any atom is -0.322 e. The third kappa shape index (κ3) is 5.32. The van der Waals surface area contributed by atoms with Crippen LogP contribution in [0.15, 0.2) is 195 Å². The molecule has 308 valence electrons. The van der Waals surface area contributed by atoms with Crippen LogP contribution < -0.4 is 15.1 Å². The summed E-state index contributed by atoms with van der Waals surface area (Å²) in [4.78, 5) is 0. The number of benzene rings is 3. The highest BCUT2D eigenvalue weighted by molar-refractivity contribution is 6.13. The number of nitrogens with zero attached hydrogens (tertiary/aromatic N) is 14. The molecule has 0 amide bonds. The minimum atomic E-state index is -1.56. The molecule has 0 radical (unpaired) electrons. The molecule has 15 heteroatoms. The summed E-state index contributed by atoms with van der Waals surface area (Å²) < 4.78 is 4.21. The van der Waals surface area contributed by atoms with Crippen LogP contribution in [-0.4, -0.2) is 59.8 Å². The predicted molar refractivity (Wildman–Crippen MR) is 249 cm³/mol. The Balaban J connectivity index is 1.36. The highest BCUT2D eigenvalue weighted by Crippen LogP contribution is 2.58. The molecule has 15 nitrogen and oxygen atoms in total. The van der Waals surface area contributed by atoms with E-state index in [1.807, 2.05) is 116 Å². The van der Waals surface area contributed by atoms with Crippen LogP contribution in [0.2, 0.25) is 0 Å². The van der Waals surface area contributed by atoms with E-state index in [1.165, 1.54) is 0 Å². The molecule has 0 spiro atoms. The number of nitrogens with one attached hydrogen (secondary N) is 1. The highest BCUT2D eigenvalue weighted by Gasteiger charge is 2.60. The monoisotopic (exact) mass is 843 g/mol. The first-order valence-electron chi connectivity index (χ1n) is 21.0. The van der Waals surface area contributed by atoms with Gasteiger partial charge < -0.3 is 8.80 Å². The van der Waals surface area contributed by atoms with Crippen LogP contribution >= 0.6 is 0 Å². The smallest absolute Gasteiger partial charge is 0.184 e. The van der Waals surface area contributed by atoms with Crippen molar-refractivity contribution in [2.24, 2.45) is 0 Å². The van der Waals surface area contributed by atoms with Gasteiger partial charge in [-0.25, -0.2) is 10.0 Å². The van der Waals surface area contributed by atoms with Crippen molar-refractivity contribution in [3.63, 3.8) is 0 Å². The number of hydrogen-bond acceptors (Lipinski definition) is 12. The van der Waals surface area contributed by atoms with Gasteiger partial charge in [0.25, 0.3) is 0 Å². The molecule has 0 saturated carbocycles. The molecular formula is C50H33N15. The van der Waals surface area contributed by atoms with E-state index in [-0.39, 0.29) is 0 Å². The maximum atomic E-state index is 5.36. The molecule has 12 aromatic rings. The van der Waals surface area contributed by atoms with Gasteiger partial charge in [0.05, 0.1) is 40.3 Å². The van der Waals surface area contributed by atoms with Gasteiger partial charge in [-0.3, -0.25) is 5.10 Å². The van der Waals surface area contributed by atoms with Crippen LogP contribution in [-0.2, 0) is 5.54 Å². The maximum absolute atomic E-state index is 5.36. The molecule has 65 heavy (non-hydrogen) atoms. The van der Waals surface area contributed by atoms with Gasteiger partial charge in [0.1, 0.15) is 28.5 Å². The van der Waals surface area contributed by atoms with Crippen LogP contribution in [0.3, 0.4) is 0 Å². The predicted octanol–water partition coefficient (Wildman–Crippen LogP) is 8.71. The molecule has 0 bridgehead atoms. The van der Waals surface area contributed by atoms with E-state index in [0.717, 1.165) is 54.9 Å². The SMILES string of the molecule is c1cnnc(C2=C(c3nncc4ccccc34)N(c3nncc4ccccc34)N(c3ccn4ccccc34)N(c3ccn4ccccc34)C2(c2cccnn2)c2n[nH]c3ccccc23)c1. The summed E-state index contributed by atoms with van der Waals surface area (Å²) in [6.07, 6.45) is 15.1. The summed E-state index contributed by atoms with van der Waals surface area (Å²) in [6.45, 7) is 0. The number of H-pyrrole nitrogens is 1. The largest absolute Gasteiger partial charge is 0.322 e. The first kappa shape index (κ1) is 36.3. The number of anilines is 3. The lowest BCUT2D eigenvalue weighted by molar-refractivity contribution is 0.516. The van der Waals surface area contributed by atoms with Gasteiger partial charge >= 0.3 is 0 Å². The molecule has 1 aliphatic rings. The van der Waals surface area contributed by atoms with Gasteiger partial charge in [0.15, 0.2) is 11.4 Å². The van der Waals surface area contributed by atoms with Crippen molar-refractivity contribution >= 4 is 71.9 Å². The van der Waals surface area contributed by atoms with Crippen LogP contribution in [0.25, 0.3) is 54.8 Å². The van der Waals surface area contributed by atoms with Gasteiger partial charge in [0, 0.05) is 69.7 Å². The Bertz CT molecular complexity index is 3780. The normalized spacial score (nSPS) is 15.6. The molecule has 0 fully saturated rings. The molecule has 1 N–H and O–H groups in total. The van der Waals surface area contributed by atoms with E-state index in [2.05, 4.69) is 94.1 Å². The summed E-state index contributed by atoms with van der Waals surface area (Å²) in [5.74, 6) is 0.512. The first-order chi connectivity index (χ1) is 32.3. The molecule has 13 rings (SSSR count). The highest BCUT2D eigenvalue weighted by atomic mass is 15.9. The van der Waals surface area contributed by atoms with E-state index in [0.29, 0.717) is 39.9 Å². The number of fused-ring (bicyclic) bond motifs is 5. The van der Waals surface area contributed by atoms with E-state index in [9.17, 15) is 0 Å². The van der Waals surface area contributed by atoms with E-state index in [4.69, 9.17) is 35.7 Å². The van der Waals surface area contributed by atoms with Gasteiger partial charge in [0.2, 0.25) is 0 Å². The van der Waals surface area contributed by atoms with Crippen molar-refractivity contribution in [3.05, 3.63) is 218 Å². The number of para-hydroxylation sites is 1. The fourth-order valence-electron chi connectivity index (χ4n) is 9.47. The lowest BCUT2D eigenvalue weighted by Crippen LogP contribution is -2.67. The Morgan fingerprint density at radius 1 is 0.492 bits per heavy atom. The second-order valence-corrected chi connectivity index (χ2v) is 15.6. The Hall–Kier alpha value is -9.37. The first-order valence-corrected chi connectivity index (χ1v) is 21.0. The third-order valence-corrected chi connectivity index (χ3v) is 12.2. The van der Waals surface area contributed by atoms with Gasteiger partial charge in [-0.2, -0.15) is 40.8 Å². The number of hydrazine groups is 2. The van der Waals surface area contributed by atoms with Gasteiger partial charge in [-0.15, -0.1) is 10.2 Å². The van der Waals surface area contributed by atoms with E-state index in [1.54, 1.807) is 24.8 Å². The van der Waals surface area contributed by atoms with Crippen molar-refractivity contribution in [2.45, 2.75) is 5.54 Å². The number of hydrogen-bond donors (Lipinski definition) is 1. The van der Waals surface area contributed by atoms with Crippen molar-refractivity contribution in [3.8, 4) is 0 Å². The van der Waals surface area contributed by atoms with Crippen LogP contribution in [0, 0.1) is 0 Å². The van der Waals surface area contributed by atoms with Crippen LogP contribution in [0.5, 0.6) is 0 Å². The Morgan fingerprint density at radius 2 is 1.14 bits per heavy atom. The number of pyridine rings is 2. The quantitative estimate of drug-likeness (QED) is 0.164. The van der Waals surface area contributed by atoms with Crippen molar-refractivity contribution in [1.29, 1.82) is 0 Å². The second-order valence-electron chi connectivity index (χ2n) is 15.6. The van der Waals surface area contributed by atoms with Gasteiger partial charge in [-0.05, 0) is 66.7 Å². The molecule has 10 heterocycles. The minimum absolute atomic E-state index is 0.512. The Kier molecular flexibility index (Phi) is 8.02. The summed E-state index contributed by atoms with van der Waals surface area (Å²) >= 11 is 0. The molecule has 3 aromatic carbocycles. The fourth-order valence-corrected chi connectivity index (χ4v) is 9.47. The Morgan fingerprint density at radius 3 is 1.89 bits per heavy atom. The van der Waals surface area contributed by atoms with E-state index < -0.39 is 5.54 Å². The molecule has 9 aromatic heterocycles. The van der Waals surface area contributed by atoms with Crippen molar-refractivity contribution < 1.29 is 0 Å². The molecule has 0 aliphatic carbocycles. The lowest BCUT2D eigenvalue weighted by atomic mass is 9.75. The van der Waals surface area contributed by atoms with Crippen LogP contribution in [0.4, 0.5) is 17.2 Å². The zero-order valence-corrected chi connectivity index (χ0v) is 34.2. The molecular weight excluding hydrogens is 811 g/mol. The standard InChI is InChI=1S/C50H33N15/c1-3-15-35-33(13-1)31-53-58-46(35)47-45(39-19-11-25-51-55-39)50(44-22-12-26-52-57-44,48-37-17-5-6-18-38(37)56-59-48)64(42-23-29-61-27-9-7-20-40(42)61)65(43-24-30-62-28-10-8-21-41(43)62)63(47)49-36-16-4-2-14-34(36)32-54-60-49/h1-32H,(H,56,59). The number of aromatic amines is 1. The zero-order chi connectivity index (χ0) is 42.9. The number of aromatic nitrogens is 12. The Labute approximate surface area is 369 Å². The van der Waals surface area contributed by atoms with E-state index >= 15 is 0 Å². The maximum Gasteiger partial charge on any atom is 0.184 e. The second kappa shape index (κ2) is 14.4. The molecule has 1 unspecified atom stereocenters. The summed E-state index contributed by atoms with van der Waals surface area (Å²) in [6, 6.07) is 48.6. The van der Waals surface area contributed by atoms with Crippen molar-refractivity contribution in [1.82, 2.24) is 59.8 Å². The zero-order valence-electron chi connectivity index (χ0n) is 34.2. The average molecular weight is 844 g/mol. The summed E-state index contributed by atoms with van der Waals surface area (Å²) in [5.41, 5.74) is 6.04. The van der Waals surface area contributed by atoms with Crippen molar-refractivity contribution in [2.75, 3.05) is 15.1 Å². The summed E-state index contributed by atoms with van der Waals surface area (Å²) in [5, 5.41) is 58.6.